The molecule has 0 aromatic carbocycles. The van der Waals surface area contributed by atoms with Crippen LogP contribution in [0.3, 0.4) is 0 Å². The van der Waals surface area contributed by atoms with Crippen molar-refractivity contribution in [3.8, 4) is 0 Å². The fourth-order valence-corrected chi connectivity index (χ4v) is 1.43. The number of carbonyl (C=O) groups is 1. The molecule has 110 valence electrons. The standard InChI is InChI=1S/C12H17N3O5/c1-12(2,3)20-11(17)13-6-8-14-7-4-5-9(10(14)16)15(18)19/h4-5,7H,6,8H2,1-3H3,(H,13,17). The SMILES string of the molecule is CC(C)(C)OC(=O)NCCn1cccc([N+](=O)[O-])c1=O. The first-order valence-electron chi connectivity index (χ1n) is 6.01. The minimum Gasteiger partial charge on any atom is -0.444 e. The molecule has 0 bridgehead atoms. The summed E-state index contributed by atoms with van der Waals surface area (Å²) in [4.78, 5) is 33.0. The third-order valence-electron chi connectivity index (χ3n) is 2.22. The number of hydrogen-bond donors (Lipinski definition) is 1. The number of ether oxygens (including phenoxy) is 1. The molecule has 0 saturated carbocycles. The molecule has 1 rings (SSSR count). The summed E-state index contributed by atoms with van der Waals surface area (Å²) in [5, 5.41) is 13.1. The molecule has 0 unspecified atom stereocenters. The van der Waals surface area contributed by atoms with Gasteiger partial charge in [0.15, 0.2) is 0 Å². The van der Waals surface area contributed by atoms with E-state index in [1.54, 1.807) is 20.8 Å². The lowest BCUT2D eigenvalue weighted by Gasteiger charge is -2.19. The van der Waals surface area contributed by atoms with E-state index in [9.17, 15) is 19.7 Å². The minimum absolute atomic E-state index is 0.125. The number of nitrogens with zero attached hydrogens (tertiary/aromatic N) is 2. The molecule has 1 heterocycles. The average Bonchev–Trinajstić information content (AvgIpc) is 2.28. The highest BCUT2D eigenvalue weighted by Gasteiger charge is 2.16. The first kappa shape index (κ1) is 15.7. The van der Waals surface area contributed by atoms with Crippen molar-refractivity contribution in [1.82, 2.24) is 9.88 Å². The maximum Gasteiger partial charge on any atom is 0.407 e. The molecule has 1 aromatic heterocycles. The summed E-state index contributed by atoms with van der Waals surface area (Å²) >= 11 is 0. The van der Waals surface area contributed by atoms with Gasteiger partial charge >= 0.3 is 17.3 Å². The Morgan fingerprint density at radius 1 is 1.50 bits per heavy atom. The lowest BCUT2D eigenvalue weighted by atomic mass is 10.2. The first-order valence-corrected chi connectivity index (χ1v) is 6.01. The molecular formula is C12H17N3O5. The minimum atomic E-state index is -0.736. The van der Waals surface area contributed by atoms with Crippen LogP contribution in [-0.4, -0.2) is 27.7 Å². The van der Waals surface area contributed by atoms with E-state index in [0.717, 1.165) is 10.6 Å². The number of amides is 1. The van der Waals surface area contributed by atoms with E-state index in [1.165, 1.54) is 12.3 Å². The maximum atomic E-state index is 11.7. The first-order chi connectivity index (χ1) is 9.20. The molecule has 20 heavy (non-hydrogen) atoms. The van der Waals surface area contributed by atoms with Crippen molar-refractivity contribution >= 4 is 11.8 Å². The van der Waals surface area contributed by atoms with Crippen molar-refractivity contribution < 1.29 is 14.5 Å². The topological polar surface area (TPSA) is 103 Å². The fraction of sp³-hybridized carbons (Fsp3) is 0.500. The summed E-state index contributed by atoms with van der Waals surface area (Å²) in [6.45, 7) is 5.46. The van der Waals surface area contributed by atoms with Gasteiger partial charge in [-0.15, -0.1) is 0 Å². The van der Waals surface area contributed by atoms with Gasteiger partial charge in [-0.1, -0.05) is 0 Å². The molecule has 1 amide bonds. The van der Waals surface area contributed by atoms with Crippen LogP contribution in [-0.2, 0) is 11.3 Å². The lowest BCUT2D eigenvalue weighted by Crippen LogP contribution is -2.35. The van der Waals surface area contributed by atoms with E-state index in [1.807, 2.05) is 0 Å². The van der Waals surface area contributed by atoms with Crippen LogP contribution in [0.4, 0.5) is 10.5 Å². The molecule has 0 radical (unpaired) electrons. The summed E-state index contributed by atoms with van der Waals surface area (Å²) in [5.41, 5.74) is -1.81. The molecule has 1 aromatic rings. The fourth-order valence-electron chi connectivity index (χ4n) is 1.43. The molecule has 0 spiro atoms. The molecule has 0 aliphatic heterocycles. The summed E-state index contributed by atoms with van der Waals surface area (Å²) in [6, 6.07) is 2.55. The molecule has 0 saturated heterocycles. The number of nitro groups is 1. The second-order valence-corrected chi connectivity index (χ2v) is 5.08. The van der Waals surface area contributed by atoms with Gasteiger partial charge in [-0.3, -0.25) is 14.9 Å². The number of aromatic nitrogens is 1. The van der Waals surface area contributed by atoms with Gasteiger partial charge in [0.1, 0.15) is 5.60 Å². The zero-order valence-corrected chi connectivity index (χ0v) is 11.6. The Morgan fingerprint density at radius 2 is 2.15 bits per heavy atom. The van der Waals surface area contributed by atoms with E-state index in [4.69, 9.17) is 4.74 Å². The van der Waals surface area contributed by atoms with Crippen molar-refractivity contribution in [2.24, 2.45) is 0 Å². The normalized spacial score (nSPS) is 10.9. The van der Waals surface area contributed by atoms with Crippen LogP contribution in [0.5, 0.6) is 0 Å². The third-order valence-corrected chi connectivity index (χ3v) is 2.22. The largest absolute Gasteiger partial charge is 0.444 e. The van der Waals surface area contributed by atoms with E-state index < -0.39 is 27.9 Å². The molecule has 0 aliphatic carbocycles. The van der Waals surface area contributed by atoms with E-state index in [2.05, 4.69) is 5.32 Å². The van der Waals surface area contributed by atoms with E-state index in [-0.39, 0.29) is 13.1 Å². The van der Waals surface area contributed by atoms with Gasteiger partial charge < -0.3 is 14.6 Å². The average molecular weight is 283 g/mol. The highest BCUT2D eigenvalue weighted by molar-refractivity contribution is 5.67. The van der Waals surface area contributed by atoms with Gasteiger partial charge in [-0.25, -0.2) is 4.79 Å². The number of rotatable bonds is 4. The van der Waals surface area contributed by atoms with Crippen molar-refractivity contribution in [1.29, 1.82) is 0 Å². The molecular weight excluding hydrogens is 266 g/mol. The smallest absolute Gasteiger partial charge is 0.407 e. The maximum absolute atomic E-state index is 11.7. The Balaban J connectivity index is 2.59. The Hall–Kier alpha value is -2.38. The van der Waals surface area contributed by atoms with Crippen molar-refractivity contribution in [3.63, 3.8) is 0 Å². The lowest BCUT2D eigenvalue weighted by molar-refractivity contribution is -0.386. The highest BCUT2D eigenvalue weighted by Crippen LogP contribution is 2.06. The molecule has 1 N–H and O–H groups in total. The molecule has 0 atom stereocenters. The summed E-state index contributed by atoms with van der Waals surface area (Å²) < 4.78 is 6.18. The zero-order valence-electron chi connectivity index (χ0n) is 11.6. The summed E-state index contributed by atoms with van der Waals surface area (Å²) in [7, 11) is 0. The summed E-state index contributed by atoms with van der Waals surface area (Å²) in [5.74, 6) is 0. The van der Waals surface area contributed by atoms with Crippen molar-refractivity contribution in [2.45, 2.75) is 32.9 Å². The molecule has 8 heteroatoms. The van der Waals surface area contributed by atoms with E-state index >= 15 is 0 Å². The molecule has 0 aliphatic rings. The molecule has 0 fully saturated rings. The van der Waals surface area contributed by atoms with Crippen LogP contribution in [0.25, 0.3) is 0 Å². The van der Waals surface area contributed by atoms with E-state index in [0.29, 0.717) is 0 Å². The predicted molar refractivity (Wildman–Crippen MR) is 71.6 cm³/mol. The number of carbonyl (C=O) groups excluding carboxylic acids is 1. The third kappa shape index (κ3) is 4.71. The van der Waals surface area contributed by atoms with Crippen LogP contribution in [0, 0.1) is 10.1 Å². The number of hydrogen-bond acceptors (Lipinski definition) is 5. The predicted octanol–water partition coefficient (Wildman–Crippen LogP) is 1.28. The van der Waals surface area contributed by atoms with Gasteiger partial charge in [0.2, 0.25) is 0 Å². The molecule has 8 nitrogen and oxygen atoms in total. The van der Waals surface area contributed by atoms with Crippen LogP contribution in [0.2, 0.25) is 0 Å². The Bertz CT molecular complexity index is 559. The number of alkyl carbamates (subject to hydrolysis) is 1. The van der Waals surface area contributed by atoms with Gasteiger partial charge in [-0.2, -0.15) is 0 Å². The Kier molecular flexibility index (Phi) is 4.84. The highest BCUT2D eigenvalue weighted by atomic mass is 16.6. The second kappa shape index (κ2) is 6.18. The Labute approximate surface area is 115 Å². The van der Waals surface area contributed by atoms with Crippen LogP contribution in [0.1, 0.15) is 20.8 Å². The number of pyridine rings is 1. The summed E-state index contributed by atoms with van der Waals surface area (Å²) in [6.07, 6.45) is 0.822. The second-order valence-electron chi connectivity index (χ2n) is 5.08. The number of nitrogens with one attached hydrogen (secondary N) is 1. The monoisotopic (exact) mass is 283 g/mol. The van der Waals surface area contributed by atoms with Crippen LogP contribution < -0.4 is 10.9 Å². The zero-order chi connectivity index (χ0) is 15.3. The van der Waals surface area contributed by atoms with Crippen LogP contribution in [0.15, 0.2) is 23.1 Å². The van der Waals surface area contributed by atoms with Crippen molar-refractivity contribution in [3.05, 3.63) is 38.8 Å². The quantitative estimate of drug-likeness (QED) is 0.662. The van der Waals surface area contributed by atoms with Gasteiger partial charge in [0.05, 0.1) is 4.92 Å². The Morgan fingerprint density at radius 3 is 2.70 bits per heavy atom. The van der Waals surface area contributed by atoms with Gasteiger partial charge in [0, 0.05) is 25.4 Å². The van der Waals surface area contributed by atoms with Gasteiger partial charge in [0.25, 0.3) is 0 Å². The van der Waals surface area contributed by atoms with Crippen LogP contribution >= 0.6 is 0 Å². The van der Waals surface area contributed by atoms with Crippen molar-refractivity contribution in [2.75, 3.05) is 6.54 Å². The van der Waals surface area contributed by atoms with Gasteiger partial charge in [-0.05, 0) is 26.8 Å².